The number of amidine groups is 1. The molecule has 0 spiro atoms. The van der Waals surface area contributed by atoms with Crippen molar-refractivity contribution in [2.75, 3.05) is 46.8 Å². The molecule has 0 aliphatic carbocycles. The highest BCUT2D eigenvalue weighted by Gasteiger charge is 2.25. The highest BCUT2D eigenvalue weighted by atomic mass is 32.2. The molecule has 3 aromatic heterocycles. The smallest absolute Gasteiger partial charge is 0.337 e. The van der Waals surface area contributed by atoms with Gasteiger partial charge in [-0.3, -0.25) is 29.0 Å². The minimum Gasteiger partial charge on any atom is -0.492 e. The molecule has 2 amide bonds. The standard InChI is InChI=1S/C27H29N5O5S.C21H28N4O5S.C6H5NO2/c1-16-9-10-17(12-20(16)24-30-26(37-31-24)18-8-7-11-28-15-18)25(33)29-21-13-19(27(2,3)4)14-22(23(21)36-5)32-38(6,34)35;1-12-7-8-13(9-15(12)19(22)24-27)20(26)23-16-10-14(21(2,3)4)11-17(18(16)30-5)25-31(6,28)29;8-6(9)5-2-1-3-7-4-5/h7-15,32H,1-6H3,(H,29,33);7-11,25,27H,1-6H3,(H2,22,24)(H,23,26);1-4H,(H,8,9). The summed E-state index contributed by atoms with van der Waals surface area (Å²) in [5, 5.41) is 30.0. The summed E-state index contributed by atoms with van der Waals surface area (Å²) in [6, 6.07) is 23.5. The van der Waals surface area contributed by atoms with Gasteiger partial charge >= 0.3 is 5.97 Å². The van der Waals surface area contributed by atoms with Gasteiger partial charge in [-0.15, -0.1) is 0 Å². The van der Waals surface area contributed by atoms with Gasteiger partial charge in [0, 0.05) is 47.0 Å². The van der Waals surface area contributed by atoms with E-state index in [9.17, 15) is 31.2 Å². The number of hydrogen-bond acceptors (Lipinski definition) is 16. The van der Waals surface area contributed by atoms with Crippen molar-refractivity contribution in [2.24, 2.45) is 10.9 Å². The van der Waals surface area contributed by atoms with Gasteiger partial charge in [0.05, 0.1) is 60.6 Å². The summed E-state index contributed by atoms with van der Waals surface area (Å²) >= 11 is 0. The van der Waals surface area contributed by atoms with Crippen LogP contribution in [-0.2, 0) is 30.9 Å². The summed E-state index contributed by atoms with van der Waals surface area (Å²) in [6.45, 7) is 15.5. The predicted octanol–water partition coefficient (Wildman–Crippen LogP) is 8.84. The number of rotatable bonds is 14. The number of pyridine rings is 2. The number of benzene rings is 4. The van der Waals surface area contributed by atoms with Crippen LogP contribution in [-0.4, -0.2) is 97.6 Å². The molecule has 24 heteroatoms. The predicted molar refractivity (Wildman–Crippen MR) is 299 cm³/mol. The Bertz CT molecular complexity index is 3580. The van der Waals surface area contributed by atoms with Crippen molar-refractivity contribution in [1.29, 1.82) is 0 Å². The van der Waals surface area contributed by atoms with E-state index in [4.69, 9.17) is 30.0 Å². The second kappa shape index (κ2) is 24.8. The molecule has 0 radical (unpaired) electrons. The Morgan fingerprint density at radius 2 is 1.13 bits per heavy atom. The Morgan fingerprint density at radius 3 is 1.54 bits per heavy atom. The topological polar surface area (TPSA) is 330 Å². The Hall–Kier alpha value is -8.90. The van der Waals surface area contributed by atoms with Crippen molar-refractivity contribution in [1.82, 2.24) is 20.1 Å². The number of amides is 2. The van der Waals surface area contributed by atoms with Crippen LogP contribution in [0.2, 0.25) is 0 Å². The third-order valence-electron chi connectivity index (χ3n) is 11.3. The summed E-state index contributed by atoms with van der Waals surface area (Å²) < 4.78 is 69.0. The van der Waals surface area contributed by atoms with Crippen LogP contribution >= 0.6 is 0 Å². The van der Waals surface area contributed by atoms with E-state index < -0.39 is 37.8 Å². The number of carbonyl (C=O) groups is 3. The van der Waals surface area contributed by atoms with Gasteiger partial charge in [0.15, 0.2) is 17.3 Å². The van der Waals surface area contributed by atoms with Gasteiger partial charge in [-0.2, -0.15) is 4.98 Å². The fourth-order valence-corrected chi connectivity index (χ4v) is 8.32. The number of nitrogens with one attached hydrogen (secondary N) is 4. The van der Waals surface area contributed by atoms with Crippen LogP contribution in [0.1, 0.15) is 100 Å². The van der Waals surface area contributed by atoms with E-state index in [0.29, 0.717) is 45.3 Å². The largest absolute Gasteiger partial charge is 0.492 e. The average molecular weight is 1110 g/mol. The van der Waals surface area contributed by atoms with Crippen LogP contribution in [0.3, 0.4) is 0 Å². The molecular weight excluding hydrogens is 1040 g/mol. The number of ether oxygens (including phenoxy) is 2. The fraction of sp³-hybridized carbons (Fsp3) is 0.259. The van der Waals surface area contributed by atoms with Gasteiger partial charge in [0.1, 0.15) is 0 Å². The van der Waals surface area contributed by atoms with Crippen LogP contribution in [0.15, 0.2) is 119 Å². The van der Waals surface area contributed by atoms with Crippen molar-refractivity contribution < 1.29 is 55.5 Å². The lowest BCUT2D eigenvalue weighted by atomic mass is 9.86. The maximum atomic E-state index is 13.4. The Kier molecular flexibility index (Phi) is 19.1. The second-order valence-electron chi connectivity index (χ2n) is 19.6. The molecule has 78 heavy (non-hydrogen) atoms. The number of nitrogens with zero attached hydrogens (tertiary/aromatic N) is 5. The molecular formula is C54H62N10O12S2. The number of carboxylic acids is 1. The van der Waals surface area contributed by atoms with E-state index in [1.807, 2.05) is 54.5 Å². The molecule has 412 valence electrons. The van der Waals surface area contributed by atoms with Crippen molar-refractivity contribution >= 4 is 66.4 Å². The number of aromatic nitrogens is 4. The van der Waals surface area contributed by atoms with E-state index in [1.165, 1.54) is 38.7 Å². The number of carbonyl (C=O) groups excluding carboxylic acids is 2. The highest BCUT2D eigenvalue weighted by Crippen LogP contribution is 2.41. The molecule has 0 bridgehead atoms. The molecule has 7 rings (SSSR count). The molecule has 3 heterocycles. The normalized spacial score (nSPS) is 11.7. The summed E-state index contributed by atoms with van der Waals surface area (Å²) in [5.41, 5.74) is 11.9. The first-order chi connectivity index (χ1) is 36.4. The van der Waals surface area contributed by atoms with Crippen molar-refractivity contribution in [3.63, 3.8) is 0 Å². The van der Waals surface area contributed by atoms with Crippen LogP contribution in [0.4, 0.5) is 22.7 Å². The number of aromatic carboxylic acids is 1. The van der Waals surface area contributed by atoms with Gasteiger partial charge < -0.3 is 40.7 Å². The zero-order valence-electron chi connectivity index (χ0n) is 45.0. The summed E-state index contributed by atoms with van der Waals surface area (Å²) in [7, 11) is -4.39. The van der Waals surface area contributed by atoms with E-state index in [-0.39, 0.29) is 50.7 Å². The van der Waals surface area contributed by atoms with Crippen LogP contribution in [0.25, 0.3) is 22.8 Å². The van der Waals surface area contributed by atoms with Crippen LogP contribution in [0.5, 0.6) is 11.5 Å². The maximum absolute atomic E-state index is 13.4. The molecule has 8 N–H and O–H groups in total. The molecule has 0 unspecified atom stereocenters. The van der Waals surface area contributed by atoms with Gasteiger partial charge in [-0.05, 0) is 120 Å². The van der Waals surface area contributed by atoms with Crippen molar-refractivity contribution in [3.8, 4) is 34.3 Å². The lowest BCUT2D eigenvalue weighted by Gasteiger charge is -2.24. The lowest BCUT2D eigenvalue weighted by molar-refractivity contribution is 0.0695. The first kappa shape index (κ1) is 60.0. The Labute approximate surface area is 452 Å². The highest BCUT2D eigenvalue weighted by molar-refractivity contribution is 7.92. The van der Waals surface area contributed by atoms with Crippen LogP contribution in [0, 0.1) is 13.8 Å². The first-order valence-electron chi connectivity index (χ1n) is 23.5. The number of nitrogens with two attached hydrogens (primary N) is 1. The Balaban J connectivity index is 0.000000251. The SMILES string of the molecule is COc1c(NC(=O)c2ccc(C)c(-c3noc(-c4cccnc4)n3)c2)cc(C(C)(C)C)cc1NS(C)(=O)=O.COc1c(NC(=O)c2ccc(C)c(/C(N)=N/O)c2)cc(C(C)(C)C)cc1NS(C)(=O)=O.O=C(O)c1cccnc1. The van der Waals surface area contributed by atoms with Gasteiger partial charge in [0.25, 0.3) is 17.7 Å². The third kappa shape index (κ3) is 16.3. The maximum Gasteiger partial charge on any atom is 0.337 e. The fourth-order valence-electron chi connectivity index (χ4n) is 7.22. The molecule has 0 aliphatic rings. The molecule has 0 aliphatic heterocycles. The molecule has 4 aromatic carbocycles. The third-order valence-corrected chi connectivity index (χ3v) is 12.5. The van der Waals surface area contributed by atoms with Gasteiger partial charge in [0.2, 0.25) is 25.9 Å². The summed E-state index contributed by atoms with van der Waals surface area (Å²) in [4.78, 5) is 48.7. The van der Waals surface area contributed by atoms with E-state index in [1.54, 1.807) is 86.0 Å². The van der Waals surface area contributed by atoms with Gasteiger partial charge in [-0.25, -0.2) is 21.6 Å². The molecule has 0 saturated heterocycles. The summed E-state index contributed by atoms with van der Waals surface area (Å²) in [6.07, 6.45) is 8.21. The van der Waals surface area contributed by atoms with E-state index >= 15 is 0 Å². The number of sulfonamides is 2. The molecule has 22 nitrogen and oxygen atoms in total. The monoisotopic (exact) mass is 1110 g/mol. The average Bonchev–Trinajstić information content (AvgIpc) is 3.86. The summed E-state index contributed by atoms with van der Waals surface area (Å²) in [5.74, 6) is -0.917. The van der Waals surface area contributed by atoms with Crippen LogP contribution < -0.4 is 35.3 Å². The van der Waals surface area contributed by atoms with Crippen molar-refractivity contribution in [3.05, 3.63) is 154 Å². The van der Waals surface area contributed by atoms with E-state index in [0.717, 1.165) is 34.8 Å². The number of carboxylic acid groups (broad SMARTS) is 1. The van der Waals surface area contributed by atoms with E-state index in [2.05, 4.69) is 45.3 Å². The second-order valence-corrected chi connectivity index (χ2v) is 23.1. The minimum atomic E-state index is -3.60. The zero-order valence-corrected chi connectivity index (χ0v) is 46.6. The number of anilines is 4. The molecule has 0 saturated carbocycles. The quantitative estimate of drug-likeness (QED) is 0.0231. The molecule has 0 fully saturated rings. The number of oxime groups is 1. The zero-order chi connectivity index (χ0) is 57.9. The number of methoxy groups -OCH3 is 2. The van der Waals surface area contributed by atoms with Crippen molar-refractivity contribution in [2.45, 2.75) is 66.2 Å². The molecule has 7 aromatic rings. The van der Waals surface area contributed by atoms with Gasteiger partial charge in [-0.1, -0.05) is 64.0 Å². The Morgan fingerprint density at radius 1 is 0.654 bits per heavy atom. The first-order valence-corrected chi connectivity index (χ1v) is 27.3. The number of aryl methyl sites for hydroxylation is 2. The lowest BCUT2D eigenvalue weighted by Crippen LogP contribution is -2.19. The molecule has 0 atom stereocenters. The minimum absolute atomic E-state index is 0.112. The number of hydrogen-bond donors (Lipinski definition) is 7.